The molecule has 0 N–H and O–H groups in total. The molecule has 2 rings (SSSR count). The third-order valence-corrected chi connectivity index (χ3v) is 1.60. The highest BCUT2D eigenvalue weighted by atomic mass is 16.1. The van der Waals surface area contributed by atoms with E-state index in [-0.39, 0.29) is 5.56 Å². The zero-order chi connectivity index (χ0) is 8.72. The van der Waals surface area contributed by atoms with Gasteiger partial charge in [0.1, 0.15) is 12.0 Å². The van der Waals surface area contributed by atoms with E-state index in [2.05, 4.69) is 15.2 Å². The van der Waals surface area contributed by atoms with Crippen LogP contribution in [0.25, 0.3) is 5.78 Å². The minimum Gasteiger partial charge on any atom is -0.265 e. The van der Waals surface area contributed by atoms with Crippen molar-refractivity contribution < 1.29 is 0 Å². The molecule has 6 nitrogen and oxygen atoms in total. The van der Waals surface area contributed by atoms with Crippen LogP contribution in [0, 0.1) is 6.92 Å². The Morgan fingerprint density at radius 1 is 1.50 bits per heavy atom. The predicted molar refractivity (Wildman–Crippen MR) is 40.8 cm³/mol. The van der Waals surface area contributed by atoms with E-state index < -0.39 is 0 Å². The Kier molecular flexibility index (Phi) is 1.24. The lowest BCUT2D eigenvalue weighted by molar-refractivity contribution is 0.773. The zero-order valence-electron chi connectivity index (χ0n) is 6.72. The normalized spacial score (nSPS) is 10.8. The van der Waals surface area contributed by atoms with Gasteiger partial charge in [0.25, 0.3) is 11.3 Å². The average molecular weight is 165 g/mol. The molecule has 2 aromatic heterocycles. The van der Waals surface area contributed by atoms with Crippen molar-refractivity contribution in [3.8, 4) is 0 Å². The molecule has 0 spiro atoms. The van der Waals surface area contributed by atoms with E-state index >= 15 is 0 Å². The monoisotopic (exact) mass is 165 g/mol. The first kappa shape index (κ1) is 6.96. The van der Waals surface area contributed by atoms with Crippen molar-refractivity contribution in [1.29, 1.82) is 0 Å². The summed E-state index contributed by atoms with van der Waals surface area (Å²) >= 11 is 0. The molecule has 0 aliphatic carbocycles. The van der Waals surface area contributed by atoms with Gasteiger partial charge in [-0.3, -0.25) is 4.79 Å². The van der Waals surface area contributed by atoms with Crippen LogP contribution in [0.4, 0.5) is 0 Å². The molecule has 62 valence electrons. The van der Waals surface area contributed by atoms with Crippen molar-refractivity contribution >= 4 is 5.78 Å². The first-order valence-electron chi connectivity index (χ1n) is 3.44. The molecule has 0 unspecified atom stereocenters. The van der Waals surface area contributed by atoms with Crippen LogP contribution in [-0.2, 0) is 7.05 Å². The van der Waals surface area contributed by atoms with Gasteiger partial charge in [-0.1, -0.05) is 0 Å². The Morgan fingerprint density at radius 2 is 2.25 bits per heavy atom. The van der Waals surface area contributed by atoms with Gasteiger partial charge in [0, 0.05) is 7.05 Å². The van der Waals surface area contributed by atoms with Gasteiger partial charge in [-0.05, 0) is 6.92 Å². The summed E-state index contributed by atoms with van der Waals surface area (Å²) in [6.45, 7) is 1.62. The van der Waals surface area contributed by atoms with Crippen LogP contribution in [-0.4, -0.2) is 24.4 Å². The second-order valence-corrected chi connectivity index (χ2v) is 2.50. The summed E-state index contributed by atoms with van der Waals surface area (Å²) in [4.78, 5) is 14.8. The number of aromatic nitrogens is 5. The lowest BCUT2D eigenvalue weighted by Crippen LogP contribution is -2.16. The van der Waals surface area contributed by atoms with Crippen LogP contribution in [0.3, 0.4) is 0 Å². The number of hydrogen-bond donors (Lipinski definition) is 0. The van der Waals surface area contributed by atoms with E-state index in [1.165, 1.54) is 15.5 Å². The summed E-state index contributed by atoms with van der Waals surface area (Å²) in [6, 6.07) is 0. The Morgan fingerprint density at radius 3 is 3.00 bits per heavy atom. The zero-order valence-corrected chi connectivity index (χ0v) is 6.72. The maximum Gasteiger partial charge on any atom is 0.296 e. The predicted octanol–water partition coefficient (Wildman–Crippen LogP) is -0.869. The molecule has 6 heteroatoms. The van der Waals surface area contributed by atoms with Gasteiger partial charge in [0.2, 0.25) is 0 Å². The molecule has 2 aromatic rings. The van der Waals surface area contributed by atoms with Crippen LogP contribution in [0.1, 0.15) is 5.69 Å². The van der Waals surface area contributed by atoms with Gasteiger partial charge in [-0.2, -0.15) is 19.7 Å². The lowest BCUT2D eigenvalue weighted by atomic mass is 10.5. The molecular formula is C6H7N5O. The fraction of sp³-hybridized carbons (Fsp3) is 0.333. The number of hydrogen-bond acceptors (Lipinski definition) is 4. The van der Waals surface area contributed by atoms with Gasteiger partial charge in [-0.25, -0.2) is 4.68 Å². The van der Waals surface area contributed by atoms with Crippen LogP contribution >= 0.6 is 0 Å². The highest BCUT2D eigenvalue weighted by Crippen LogP contribution is 1.90. The van der Waals surface area contributed by atoms with Gasteiger partial charge in [0.15, 0.2) is 0 Å². The van der Waals surface area contributed by atoms with Crippen molar-refractivity contribution in [2.75, 3.05) is 0 Å². The molecule has 0 aliphatic heterocycles. The van der Waals surface area contributed by atoms with Crippen LogP contribution in [0.15, 0.2) is 11.1 Å². The highest BCUT2D eigenvalue weighted by Gasteiger charge is 2.03. The Bertz CT molecular complexity index is 482. The van der Waals surface area contributed by atoms with E-state index in [1.54, 1.807) is 14.0 Å². The molecule has 0 saturated carbocycles. The summed E-state index contributed by atoms with van der Waals surface area (Å²) < 4.78 is 2.96. The molecule has 0 aromatic carbocycles. The molecule has 0 fully saturated rings. The van der Waals surface area contributed by atoms with Crippen LogP contribution < -0.4 is 5.56 Å². The molecule has 0 atom stereocenters. The average Bonchev–Trinajstić information content (AvgIpc) is 2.35. The summed E-state index contributed by atoms with van der Waals surface area (Å²) in [7, 11) is 1.71. The second-order valence-electron chi connectivity index (χ2n) is 2.50. The van der Waals surface area contributed by atoms with E-state index in [1.807, 2.05) is 0 Å². The number of nitrogens with zero attached hydrogens (tertiary/aromatic N) is 5. The Balaban J connectivity index is 2.97. The van der Waals surface area contributed by atoms with Crippen LogP contribution in [0.5, 0.6) is 0 Å². The van der Waals surface area contributed by atoms with Gasteiger partial charge in [0.05, 0.1) is 0 Å². The lowest BCUT2D eigenvalue weighted by Gasteiger charge is -1.92. The van der Waals surface area contributed by atoms with Crippen molar-refractivity contribution in [2.45, 2.75) is 6.92 Å². The highest BCUT2D eigenvalue weighted by molar-refractivity contribution is 5.23. The fourth-order valence-electron chi connectivity index (χ4n) is 0.948. The van der Waals surface area contributed by atoms with E-state index in [0.717, 1.165) is 0 Å². The maximum atomic E-state index is 11.1. The van der Waals surface area contributed by atoms with Crippen molar-refractivity contribution in [1.82, 2.24) is 24.4 Å². The minimum atomic E-state index is -0.307. The third kappa shape index (κ3) is 0.810. The summed E-state index contributed by atoms with van der Waals surface area (Å²) in [5, 5.41) is 7.85. The number of rotatable bonds is 0. The van der Waals surface area contributed by atoms with Crippen molar-refractivity contribution in [3.05, 3.63) is 22.4 Å². The second kappa shape index (κ2) is 2.13. The minimum absolute atomic E-state index is 0.307. The first-order valence-corrected chi connectivity index (χ1v) is 3.44. The third-order valence-electron chi connectivity index (χ3n) is 1.60. The van der Waals surface area contributed by atoms with Gasteiger partial charge < -0.3 is 0 Å². The molecule has 0 bridgehead atoms. The maximum absolute atomic E-state index is 11.1. The smallest absolute Gasteiger partial charge is 0.265 e. The van der Waals surface area contributed by atoms with E-state index in [9.17, 15) is 4.79 Å². The Hall–Kier alpha value is -1.72. The SMILES string of the molecule is Cc1nn2cnn(C)c2nc1=O. The van der Waals surface area contributed by atoms with Crippen molar-refractivity contribution in [3.63, 3.8) is 0 Å². The van der Waals surface area contributed by atoms with Gasteiger partial charge >= 0.3 is 0 Å². The van der Waals surface area contributed by atoms with Crippen LogP contribution in [0.2, 0.25) is 0 Å². The Labute approximate surface area is 67.5 Å². The van der Waals surface area contributed by atoms with Gasteiger partial charge in [-0.15, -0.1) is 0 Å². The summed E-state index contributed by atoms with van der Waals surface area (Å²) in [5.41, 5.74) is 0.0686. The van der Waals surface area contributed by atoms with E-state index in [4.69, 9.17) is 0 Å². The molecule has 0 aliphatic rings. The molecule has 0 amide bonds. The first-order chi connectivity index (χ1) is 5.68. The molecule has 2 heterocycles. The largest absolute Gasteiger partial charge is 0.296 e. The molecule has 0 saturated heterocycles. The molecular weight excluding hydrogens is 158 g/mol. The fourth-order valence-corrected chi connectivity index (χ4v) is 0.948. The number of fused-ring (bicyclic) bond motifs is 1. The molecule has 12 heavy (non-hydrogen) atoms. The standard InChI is InChI=1S/C6H7N5O/c1-4-5(12)8-6-10(2)7-3-11(6)9-4/h3H,1-2H3. The van der Waals surface area contributed by atoms with Crippen molar-refractivity contribution in [2.24, 2.45) is 7.05 Å². The summed E-state index contributed by atoms with van der Waals surface area (Å²) in [5.74, 6) is 0.450. The van der Waals surface area contributed by atoms with E-state index in [0.29, 0.717) is 11.5 Å². The number of aryl methyl sites for hydroxylation is 2. The topological polar surface area (TPSA) is 65.1 Å². The summed E-state index contributed by atoms with van der Waals surface area (Å²) in [6.07, 6.45) is 1.51. The molecule has 0 radical (unpaired) electrons. The quantitative estimate of drug-likeness (QED) is 0.509.